The van der Waals surface area contributed by atoms with Gasteiger partial charge in [0.2, 0.25) is 5.91 Å². The van der Waals surface area contributed by atoms with Gasteiger partial charge in [-0.15, -0.1) is 23.2 Å². The van der Waals surface area contributed by atoms with E-state index in [4.69, 9.17) is 69.6 Å². The van der Waals surface area contributed by atoms with Gasteiger partial charge in [0, 0.05) is 27.7 Å². The number of carbonyl (C=O) groups excluding carboxylic acids is 2. The molecule has 0 spiro atoms. The number of rotatable bonds is 5. The highest BCUT2D eigenvalue weighted by atomic mass is 35.5. The number of alkyl halides is 2. The lowest BCUT2D eigenvalue weighted by Crippen LogP contribution is -2.18. The predicted octanol–water partition coefficient (Wildman–Crippen LogP) is 6.87. The predicted molar refractivity (Wildman–Crippen MR) is 132 cm³/mol. The van der Waals surface area contributed by atoms with Crippen molar-refractivity contribution in [3.8, 4) is 0 Å². The van der Waals surface area contributed by atoms with Crippen molar-refractivity contribution >= 4 is 92.9 Å². The Bertz CT molecular complexity index is 1250. The first-order valence-electron chi connectivity index (χ1n) is 9.29. The van der Waals surface area contributed by atoms with Crippen molar-refractivity contribution in [2.75, 3.05) is 10.6 Å². The number of aromatic nitrogens is 2. The molecule has 1 saturated carbocycles. The van der Waals surface area contributed by atoms with E-state index in [1.165, 1.54) is 24.5 Å². The molecule has 170 valence electrons. The van der Waals surface area contributed by atoms with Crippen LogP contribution in [0.15, 0.2) is 48.8 Å². The average molecular weight is 565 g/mol. The molecule has 12 heteroatoms. The second-order valence-corrected chi connectivity index (χ2v) is 10.3. The highest BCUT2D eigenvalue weighted by molar-refractivity contribution is 6.53. The Hall–Kier alpha value is -1.80. The van der Waals surface area contributed by atoms with E-state index >= 15 is 0 Å². The van der Waals surface area contributed by atoms with Crippen LogP contribution >= 0.6 is 69.6 Å². The van der Waals surface area contributed by atoms with E-state index in [9.17, 15) is 9.59 Å². The van der Waals surface area contributed by atoms with E-state index in [2.05, 4.69) is 20.6 Å². The molecule has 2 aromatic carbocycles. The van der Waals surface area contributed by atoms with Crippen molar-refractivity contribution in [3.05, 3.63) is 80.1 Å². The first-order valence-corrected chi connectivity index (χ1v) is 11.6. The summed E-state index contributed by atoms with van der Waals surface area (Å²) in [7, 11) is 0. The second-order valence-electron chi connectivity index (χ2n) is 7.20. The molecule has 1 fully saturated rings. The molecular weight excluding hydrogens is 553 g/mol. The Morgan fingerprint density at radius 2 is 1.58 bits per heavy atom. The van der Waals surface area contributed by atoms with E-state index in [1.807, 2.05) is 0 Å². The van der Waals surface area contributed by atoms with E-state index in [0.717, 1.165) is 0 Å². The molecule has 1 aliphatic rings. The molecule has 0 saturated heterocycles. The van der Waals surface area contributed by atoms with Gasteiger partial charge >= 0.3 is 0 Å². The van der Waals surface area contributed by atoms with Crippen molar-refractivity contribution in [2.24, 2.45) is 5.92 Å². The van der Waals surface area contributed by atoms with E-state index < -0.39 is 28.0 Å². The number of amides is 2. The summed E-state index contributed by atoms with van der Waals surface area (Å²) in [6.07, 6.45) is 1.21. The summed E-state index contributed by atoms with van der Waals surface area (Å²) in [5, 5.41) is 6.45. The fourth-order valence-corrected chi connectivity index (χ4v) is 5.13. The number of hydrogen-bond donors (Lipinski definition) is 2. The van der Waals surface area contributed by atoms with Gasteiger partial charge in [-0.2, -0.15) is 0 Å². The standard InChI is InChI=1S/C21H12Cl6N4O2/c22-10-3-9(4-11(23)5-10)17-18(21(17,26)27)20(33)30-12-1-2-14(24)13(6-12)19(32)31-16-7-15(25)28-8-29-16/h1-8,17-18H,(H,30,33)(H,28,29,31,32). The highest BCUT2D eigenvalue weighted by Gasteiger charge is 2.67. The van der Waals surface area contributed by atoms with Crippen LogP contribution in [0.4, 0.5) is 11.5 Å². The van der Waals surface area contributed by atoms with Crippen LogP contribution in [0, 0.1) is 5.92 Å². The lowest BCUT2D eigenvalue weighted by atomic mass is 10.1. The van der Waals surface area contributed by atoms with Crippen molar-refractivity contribution in [2.45, 2.75) is 10.3 Å². The van der Waals surface area contributed by atoms with Gasteiger partial charge in [0.05, 0.1) is 16.5 Å². The van der Waals surface area contributed by atoms with Crippen LogP contribution in [0.2, 0.25) is 20.2 Å². The molecule has 2 amide bonds. The molecule has 2 atom stereocenters. The number of halogens is 6. The minimum absolute atomic E-state index is 0.112. The molecule has 1 aliphatic carbocycles. The molecule has 2 unspecified atom stereocenters. The lowest BCUT2D eigenvalue weighted by molar-refractivity contribution is -0.117. The number of benzene rings is 2. The maximum Gasteiger partial charge on any atom is 0.258 e. The zero-order valence-electron chi connectivity index (χ0n) is 16.3. The molecule has 6 nitrogen and oxygen atoms in total. The third-order valence-corrected chi connectivity index (χ3v) is 6.85. The SMILES string of the molecule is O=C(Nc1cc(Cl)ncn1)c1cc(NC(=O)C2C(c3cc(Cl)cc(Cl)c3)C2(Cl)Cl)ccc1Cl. The Kier molecular flexibility index (Phi) is 6.97. The molecule has 3 aromatic rings. The first-order chi connectivity index (χ1) is 15.6. The summed E-state index contributed by atoms with van der Waals surface area (Å²) in [6, 6.07) is 10.7. The van der Waals surface area contributed by atoms with Gasteiger partial charge in [0.15, 0.2) is 0 Å². The van der Waals surface area contributed by atoms with Crippen molar-refractivity contribution in [3.63, 3.8) is 0 Å². The van der Waals surface area contributed by atoms with Crippen molar-refractivity contribution in [1.82, 2.24) is 9.97 Å². The molecule has 0 bridgehead atoms. The summed E-state index contributed by atoms with van der Waals surface area (Å²) in [6.45, 7) is 0. The normalized spacial score (nSPS) is 18.5. The number of hydrogen-bond acceptors (Lipinski definition) is 4. The third-order valence-electron chi connectivity index (χ3n) is 4.93. The summed E-state index contributed by atoms with van der Waals surface area (Å²) < 4.78 is -1.34. The van der Waals surface area contributed by atoms with Crippen LogP contribution in [-0.4, -0.2) is 26.1 Å². The van der Waals surface area contributed by atoms with Crippen LogP contribution in [0.1, 0.15) is 21.8 Å². The average Bonchev–Trinajstić information content (AvgIpc) is 3.31. The molecular formula is C21H12Cl6N4O2. The van der Waals surface area contributed by atoms with E-state index in [1.54, 1.807) is 24.3 Å². The minimum Gasteiger partial charge on any atom is -0.326 e. The number of nitrogens with zero attached hydrogens (tertiary/aromatic N) is 2. The van der Waals surface area contributed by atoms with Gasteiger partial charge in [0.25, 0.3) is 5.91 Å². The minimum atomic E-state index is -1.34. The number of anilines is 2. The Balaban J connectivity index is 1.51. The van der Waals surface area contributed by atoms with Gasteiger partial charge < -0.3 is 10.6 Å². The van der Waals surface area contributed by atoms with Gasteiger partial charge in [-0.25, -0.2) is 9.97 Å². The molecule has 0 radical (unpaired) electrons. The van der Waals surface area contributed by atoms with Crippen molar-refractivity contribution < 1.29 is 9.59 Å². The van der Waals surface area contributed by atoms with Crippen LogP contribution in [0.5, 0.6) is 0 Å². The summed E-state index contributed by atoms with van der Waals surface area (Å²) in [5.74, 6) is -2.05. The van der Waals surface area contributed by atoms with Gasteiger partial charge in [0.1, 0.15) is 21.6 Å². The first kappa shape index (κ1) is 24.3. The summed E-state index contributed by atoms with van der Waals surface area (Å²) in [5.41, 5.74) is 1.09. The molecule has 1 aromatic heterocycles. The van der Waals surface area contributed by atoms with Crippen molar-refractivity contribution in [1.29, 1.82) is 0 Å². The Labute approximate surface area is 218 Å². The van der Waals surface area contributed by atoms with Crippen LogP contribution in [0.25, 0.3) is 0 Å². The second kappa shape index (κ2) is 9.45. The fraction of sp³-hybridized carbons (Fsp3) is 0.143. The summed E-state index contributed by atoms with van der Waals surface area (Å²) in [4.78, 5) is 33.2. The molecule has 1 heterocycles. The van der Waals surface area contributed by atoms with Crippen LogP contribution in [0.3, 0.4) is 0 Å². The zero-order chi connectivity index (χ0) is 23.9. The Morgan fingerprint density at radius 1 is 0.879 bits per heavy atom. The molecule has 2 N–H and O–H groups in total. The van der Waals surface area contributed by atoms with Gasteiger partial charge in [-0.1, -0.05) is 46.4 Å². The summed E-state index contributed by atoms with van der Waals surface area (Å²) >= 11 is 36.9. The highest BCUT2D eigenvalue weighted by Crippen LogP contribution is 2.65. The number of nitrogens with one attached hydrogen (secondary N) is 2. The fourth-order valence-electron chi connectivity index (χ4n) is 3.41. The number of carbonyl (C=O) groups is 2. The lowest BCUT2D eigenvalue weighted by Gasteiger charge is -2.10. The van der Waals surface area contributed by atoms with E-state index in [-0.39, 0.29) is 21.6 Å². The largest absolute Gasteiger partial charge is 0.326 e. The smallest absolute Gasteiger partial charge is 0.258 e. The Morgan fingerprint density at radius 3 is 2.24 bits per heavy atom. The monoisotopic (exact) mass is 562 g/mol. The molecule has 4 rings (SSSR count). The zero-order valence-corrected chi connectivity index (χ0v) is 20.8. The van der Waals surface area contributed by atoms with Crippen LogP contribution in [-0.2, 0) is 4.79 Å². The van der Waals surface area contributed by atoms with Gasteiger partial charge in [-0.3, -0.25) is 9.59 Å². The van der Waals surface area contributed by atoms with Gasteiger partial charge in [-0.05, 0) is 42.0 Å². The van der Waals surface area contributed by atoms with E-state index in [0.29, 0.717) is 21.3 Å². The maximum absolute atomic E-state index is 12.9. The molecule has 33 heavy (non-hydrogen) atoms. The topological polar surface area (TPSA) is 84.0 Å². The van der Waals surface area contributed by atoms with Crippen LogP contribution < -0.4 is 10.6 Å². The third kappa shape index (κ3) is 5.32. The maximum atomic E-state index is 12.9. The quantitative estimate of drug-likeness (QED) is 0.262. The molecule has 0 aliphatic heterocycles.